The molecule has 2 aromatic carbocycles. The van der Waals surface area contributed by atoms with Crippen molar-refractivity contribution in [1.29, 1.82) is 0 Å². The molecule has 154 valence electrons. The zero-order valence-corrected chi connectivity index (χ0v) is 17.3. The average Bonchev–Trinajstić information content (AvgIpc) is 3.09. The lowest BCUT2D eigenvalue weighted by atomic mass is 9.95. The summed E-state index contributed by atoms with van der Waals surface area (Å²) in [5.41, 5.74) is 4.17. The Morgan fingerprint density at radius 1 is 1.13 bits per heavy atom. The number of methoxy groups -OCH3 is 1. The van der Waals surface area contributed by atoms with E-state index in [1.54, 1.807) is 12.1 Å². The van der Waals surface area contributed by atoms with E-state index in [4.69, 9.17) is 4.74 Å². The topological polar surface area (TPSA) is 46.6 Å². The van der Waals surface area contributed by atoms with Gasteiger partial charge in [-0.15, -0.1) is 0 Å². The largest absolute Gasteiger partial charge is 0.496 e. The summed E-state index contributed by atoms with van der Waals surface area (Å²) in [6.45, 7) is 3.21. The number of piperidine rings is 1. The van der Waals surface area contributed by atoms with Gasteiger partial charge in [0.1, 0.15) is 5.75 Å². The summed E-state index contributed by atoms with van der Waals surface area (Å²) in [4.78, 5) is 26.4. The zero-order chi connectivity index (χ0) is 20.9. The molecule has 1 aliphatic heterocycles. The van der Waals surface area contributed by atoms with Crippen molar-refractivity contribution < 1.29 is 14.3 Å². The molecule has 0 spiro atoms. The van der Waals surface area contributed by atoms with Gasteiger partial charge in [0.25, 0.3) is 0 Å². The van der Waals surface area contributed by atoms with Crippen LogP contribution in [-0.4, -0.2) is 37.2 Å². The molecule has 0 aromatic heterocycles. The van der Waals surface area contributed by atoms with E-state index < -0.39 is 0 Å². The van der Waals surface area contributed by atoms with Crippen molar-refractivity contribution in [2.45, 2.75) is 25.8 Å². The molecule has 1 saturated heterocycles. The maximum absolute atomic E-state index is 12.7. The summed E-state index contributed by atoms with van der Waals surface area (Å²) in [6.07, 6.45) is 9.83. The first kappa shape index (κ1) is 20.3. The molecule has 0 radical (unpaired) electrons. The second-order valence-electron chi connectivity index (χ2n) is 8.05. The van der Waals surface area contributed by atoms with Gasteiger partial charge >= 0.3 is 0 Å². The third-order valence-corrected chi connectivity index (χ3v) is 6.06. The Bertz CT molecular complexity index is 983. The summed E-state index contributed by atoms with van der Waals surface area (Å²) in [6, 6.07) is 14.1. The Balaban J connectivity index is 1.34. The number of benzene rings is 2. The highest BCUT2D eigenvalue weighted by Gasteiger charge is 2.26. The van der Waals surface area contributed by atoms with E-state index in [0.717, 1.165) is 49.9 Å². The number of likely N-dealkylation sites (tertiary alicyclic amines) is 1. The predicted molar refractivity (Wildman–Crippen MR) is 118 cm³/mol. The highest BCUT2D eigenvalue weighted by atomic mass is 16.5. The van der Waals surface area contributed by atoms with Crippen LogP contribution in [0.15, 0.2) is 66.3 Å². The van der Waals surface area contributed by atoms with Crippen LogP contribution < -0.4 is 4.74 Å². The fourth-order valence-electron chi connectivity index (χ4n) is 4.34. The third kappa shape index (κ3) is 4.44. The number of Topliss-reactive ketones (excluding diaryl/α,β-unsaturated/α-hetero) is 1. The monoisotopic (exact) mass is 401 g/mol. The van der Waals surface area contributed by atoms with Gasteiger partial charge in [-0.1, -0.05) is 48.6 Å². The average molecular weight is 402 g/mol. The Labute approximate surface area is 177 Å². The van der Waals surface area contributed by atoms with Crippen LogP contribution in [-0.2, 0) is 13.0 Å². The van der Waals surface area contributed by atoms with Crippen molar-refractivity contribution in [3.8, 4) is 5.75 Å². The number of carbonyl (C=O) groups is 2. The van der Waals surface area contributed by atoms with Crippen molar-refractivity contribution in [2.24, 2.45) is 5.92 Å². The summed E-state index contributed by atoms with van der Waals surface area (Å²) >= 11 is 0. The molecule has 0 saturated carbocycles. The molecule has 30 heavy (non-hydrogen) atoms. The standard InChI is InChI=1S/C26H27NO3/c1-30-25-16-24-22(15-23(25)18-28)14-21(26(24)29)9-5-8-19-10-12-27(13-11-19)17-20-6-3-2-4-7-20/h2-9,15-16,18-19H,10-14,17H2,1H3. The highest BCUT2D eigenvalue weighted by Crippen LogP contribution is 2.32. The van der Waals surface area contributed by atoms with Crippen molar-refractivity contribution >= 4 is 12.1 Å². The molecule has 0 N–H and O–H groups in total. The SMILES string of the molecule is COc1cc2c(cc1C=O)CC(=CC=CC1CCN(Cc3ccccc3)CC1)C2=O. The Kier molecular flexibility index (Phi) is 6.24. The fraction of sp³-hybridized carbons (Fsp3) is 0.308. The second-order valence-corrected chi connectivity index (χ2v) is 8.05. The van der Waals surface area contributed by atoms with Gasteiger partial charge in [-0.25, -0.2) is 0 Å². The van der Waals surface area contributed by atoms with Crippen molar-refractivity contribution in [1.82, 2.24) is 4.90 Å². The Hall–Kier alpha value is -2.98. The minimum atomic E-state index is 0.0306. The molecular formula is C26H27NO3. The lowest BCUT2D eigenvalue weighted by Gasteiger charge is -2.30. The highest BCUT2D eigenvalue weighted by molar-refractivity contribution is 6.14. The number of hydrogen-bond donors (Lipinski definition) is 0. The summed E-state index contributed by atoms with van der Waals surface area (Å²) < 4.78 is 5.23. The van der Waals surface area contributed by atoms with Crippen molar-refractivity contribution in [3.63, 3.8) is 0 Å². The van der Waals surface area contributed by atoms with E-state index in [-0.39, 0.29) is 5.78 Å². The predicted octanol–water partition coefficient (Wildman–Crippen LogP) is 4.64. The van der Waals surface area contributed by atoms with Gasteiger partial charge in [0.05, 0.1) is 12.7 Å². The van der Waals surface area contributed by atoms with Crippen LogP contribution >= 0.6 is 0 Å². The van der Waals surface area contributed by atoms with E-state index in [2.05, 4.69) is 41.3 Å². The molecule has 4 rings (SSSR count). The van der Waals surface area contributed by atoms with Crippen LogP contribution in [0.25, 0.3) is 0 Å². The van der Waals surface area contributed by atoms with Gasteiger partial charge in [-0.2, -0.15) is 0 Å². The molecule has 2 aliphatic rings. The number of aldehydes is 1. The number of allylic oxidation sites excluding steroid dienone is 4. The number of ether oxygens (including phenoxy) is 1. The number of carbonyl (C=O) groups excluding carboxylic acids is 2. The smallest absolute Gasteiger partial charge is 0.189 e. The summed E-state index contributed by atoms with van der Waals surface area (Å²) in [7, 11) is 1.51. The number of ketones is 1. The van der Waals surface area contributed by atoms with Crippen LogP contribution in [0.1, 0.15) is 44.7 Å². The molecule has 4 heteroatoms. The minimum absolute atomic E-state index is 0.0306. The van der Waals surface area contributed by atoms with Gasteiger partial charge in [0.2, 0.25) is 0 Å². The zero-order valence-electron chi connectivity index (χ0n) is 17.3. The maximum atomic E-state index is 12.7. The normalized spacial score (nSPS) is 18.8. The summed E-state index contributed by atoms with van der Waals surface area (Å²) in [5, 5.41) is 0. The first-order chi connectivity index (χ1) is 14.7. The van der Waals surface area contributed by atoms with Crippen molar-refractivity contribution in [3.05, 3.63) is 88.5 Å². The van der Waals surface area contributed by atoms with E-state index in [1.807, 2.05) is 12.2 Å². The Morgan fingerprint density at radius 3 is 2.60 bits per heavy atom. The van der Waals surface area contributed by atoms with Crippen LogP contribution in [0.4, 0.5) is 0 Å². The van der Waals surface area contributed by atoms with E-state index >= 15 is 0 Å². The second kappa shape index (κ2) is 9.23. The van der Waals surface area contributed by atoms with Gasteiger partial charge in [0, 0.05) is 24.1 Å². The molecule has 1 heterocycles. The molecule has 0 bridgehead atoms. The third-order valence-electron chi connectivity index (χ3n) is 6.06. The van der Waals surface area contributed by atoms with E-state index in [9.17, 15) is 9.59 Å². The summed E-state index contributed by atoms with van der Waals surface area (Å²) in [5.74, 6) is 1.04. The molecule has 1 aliphatic carbocycles. The lowest BCUT2D eigenvalue weighted by Crippen LogP contribution is -2.32. The molecule has 0 unspecified atom stereocenters. The lowest BCUT2D eigenvalue weighted by molar-refractivity contribution is 0.103. The molecule has 0 amide bonds. The van der Waals surface area contributed by atoms with Gasteiger partial charge in [-0.05, 0) is 55.1 Å². The molecular weight excluding hydrogens is 374 g/mol. The first-order valence-corrected chi connectivity index (χ1v) is 10.5. The number of rotatable bonds is 6. The van der Waals surface area contributed by atoms with Crippen LogP contribution in [0, 0.1) is 5.92 Å². The van der Waals surface area contributed by atoms with Crippen LogP contribution in [0.5, 0.6) is 5.75 Å². The molecule has 2 aromatic rings. The molecule has 4 nitrogen and oxygen atoms in total. The van der Waals surface area contributed by atoms with Crippen LogP contribution in [0.3, 0.4) is 0 Å². The van der Waals surface area contributed by atoms with Gasteiger partial charge in [0.15, 0.2) is 12.1 Å². The fourth-order valence-corrected chi connectivity index (χ4v) is 4.34. The molecule has 0 atom stereocenters. The maximum Gasteiger partial charge on any atom is 0.189 e. The number of nitrogens with zero attached hydrogens (tertiary/aromatic N) is 1. The quantitative estimate of drug-likeness (QED) is 0.523. The number of fused-ring (bicyclic) bond motifs is 1. The van der Waals surface area contributed by atoms with Crippen LogP contribution in [0.2, 0.25) is 0 Å². The van der Waals surface area contributed by atoms with E-state index in [1.165, 1.54) is 12.7 Å². The van der Waals surface area contributed by atoms with Crippen molar-refractivity contribution in [2.75, 3.05) is 20.2 Å². The first-order valence-electron chi connectivity index (χ1n) is 10.5. The number of hydrogen-bond acceptors (Lipinski definition) is 4. The molecule has 1 fully saturated rings. The minimum Gasteiger partial charge on any atom is -0.496 e. The van der Waals surface area contributed by atoms with E-state index in [0.29, 0.717) is 29.2 Å². The Morgan fingerprint density at radius 2 is 1.90 bits per heavy atom. The van der Waals surface area contributed by atoms with Gasteiger partial charge in [-0.3, -0.25) is 14.5 Å². The van der Waals surface area contributed by atoms with Gasteiger partial charge < -0.3 is 4.74 Å².